The van der Waals surface area contributed by atoms with Gasteiger partial charge in [-0.1, -0.05) is 141 Å². The van der Waals surface area contributed by atoms with Crippen LogP contribution in [0, 0.1) is 5.92 Å². The Kier molecular flexibility index (Phi) is 39.0. The zero-order valence-corrected chi connectivity index (χ0v) is 46.3. The highest BCUT2D eigenvalue weighted by Crippen LogP contribution is 2.32. The van der Waals surface area contributed by atoms with Gasteiger partial charge in [-0.25, -0.2) is 0 Å². The van der Waals surface area contributed by atoms with Crippen LogP contribution in [0.1, 0.15) is 220 Å². The second-order valence-electron chi connectivity index (χ2n) is 20.3. The van der Waals surface area contributed by atoms with Gasteiger partial charge in [0, 0.05) is 45.6 Å². The van der Waals surface area contributed by atoms with Crippen LogP contribution in [0.2, 0.25) is 25.2 Å². The van der Waals surface area contributed by atoms with Gasteiger partial charge in [0.15, 0.2) is 0 Å². The van der Waals surface area contributed by atoms with Crippen LogP contribution in [0.4, 0.5) is 0 Å². The van der Waals surface area contributed by atoms with Crippen LogP contribution >= 0.6 is 0 Å². The second-order valence-corrected chi connectivity index (χ2v) is 27.0. The van der Waals surface area contributed by atoms with E-state index in [9.17, 15) is 0 Å². The summed E-state index contributed by atoms with van der Waals surface area (Å²) in [6.45, 7) is 23.4. The molecule has 0 aromatic rings. The van der Waals surface area contributed by atoms with E-state index in [0.29, 0.717) is 0 Å². The third kappa shape index (κ3) is 32.6. The first-order valence-corrected chi connectivity index (χ1v) is 33.6. The van der Waals surface area contributed by atoms with Gasteiger partial charge in [-0.3, -0.25) is 4.90 Å². The summed E-state index contributed by atoms with van der Waals surface area (Å²) in [5.74, 6) is 0.837. The monoisotopic (exact) mass is 943 g/mol. The predicted octanol–water partition coefficient (Wildman–Crippen LogP) is 16.8. The molecule has 2 saturated heterocycles. The van der Waals surface area contributed by atoms with E-state index in [4.69, 9.17) is 17.7 Å². The van der Waals surface area contributed by atoms with Gasteiger partial charge in [0.1, 0.15) is 0 Å². The average Bonchev–Trinajstić information content (AvgIpc) is 3.74. The van der Waals surface area contributed by atoms with E-state index in [1.165, 1.54) is 174 Å². The van der Waals surface area contributed by atoms with E-state index in [1.807, 2.05) is 0 Å². The second kappa shape index (κ2) is 42.1. The van der Waals surface area contributed by atoms with Crippen LogP contribution in [-0.4, -0.2) is 92.1 Å². The van der Waals surface area contributed by atoms with Gasteiger partial charge in [0.25, 0.3) is 0 Å². The Morgan fingerprint density at radius 2 is 0.769 bits per heavy atom. The Hall–Kier alpha value is -0.846. The van der Waals surface area contributed by atoms with E-state index < -0.39 is 17.1 Å². The van der Waals surface area contributed by atoms with Gasteiger partial charge in [-0.2, -0.15) is 0 Å². The molecule has 0 bridgehead atoms. The van der Waals surface area contributed by atoms with Gasteiger partial charge in [-0.05, 0) is 179 Å². The van der Waals surface area contributed by atoms with E-state index in [0.717, 1.165) is 102 Å². The molecular formula is C57H110N2O4Si2. The zero-order chi connectivity index (χ0) is 46.8. The SMILES string of the molecule is CCCCC/C=C\CCCO[Si](C)(CCCCN1CC2CCCN(CCCC[Si](C)(OCCC/C=C\CCCCC)OCCC/C=C\CCCCC)C2C1)OCCC/C=C\CCCCC. The van der Waals surface area contributed by atoms with Crippen molar-refractivity contribution in [3.05, 3.63) is 48.6 Å². The lowest BCUT2D eigenvalue weighted by Gasteiger charge is -2.37. The van der Waals surface area contributed by atoms with Gasteiger partial charge >= 0.3 is 17.1 Å². The molecule has 2 unspecified atom stereocenters. The topological polar surface area (TPSA) is 43.4 Å². The van der Waals surface area contributed by atoms with Crippen molar-refractivity contribution in [2.45, 2.75) is 252 Å². The van der Waals surface area contributed by atoms with Crippen LogP contribution in [-0.2, 0) is 17.7 Å². The number of nitrogens with zero attached hydrogens (tertiary/aromatic N) is 2. The average molecular weight is 944 g/mol. The Bertz CT molecular complexity index is 1120. The fourth-order valence-corrected chi connectivity index (χ4v) is 14.5. The smallest absolute Gasteiger partial charge is 0.334 e. The minimum atomic E-state index is -2.21. The summed E-state index contributed by atoms with van der Waals surface area (Å²) in [6.07, 6.45) is 56.3. The first kappa shape index (κ1) is 60.3. The highest BCUT2D eigenvalue weighted by molar-refractivity contribution is 6.66. The normalized spacial score (nSPS) is 17.9. The highest BCUT2D eigenvalue weighted by Gasteiger charge is 2.39. The molecule has 6 nitrogen and oxygen atoms in total. The third-order valence-electron chi connectivity index (χ3n) is 13.9. The molecule has 0 aromatic heterocycles. The van der Waals surface area contributed by atoms with Crippen LogP contribution in [0.25, 0.3) is 0 Å². The first-order chi connectivity index (χ1) is 31.9. The fraction of sp³-hybridized carbons (Fsp3) is 0.860. The highest BCUT2D eigenvalue weighted by atomic mass is 28.4. The molecule has 2 aliphatic rings. The minimum Gasteiger partial charge on any atom is -0.394 e. The van der Waals surface area contributed by atoms with Gasteiger partial charge in [0.2, 0.25) is 0 Å². The minimum absolute atomic E-state index is 0.734. The van der Waals surface area contributed by atoms with E-state index in [1.54, 1.807) is 0 Å². The van der Waals surface area contributed by atoms with Gasteiger partial charge in [0.05, 0.1) is 0 Å². The number of unbranched alkanes of at least 4 members (excludes halogenated alkanes) is 18. The van der Waals surface area contributed by atoms with Gasteiger partial charge in [-0.15, -0.1) is 0 Å². The van der Waals surface area contributed by atoms with Crippen molar-refractivity contribution >= 4 is 17.1 Å². The Balaban J connectivity index is 1.81. The van der Waals surface area contributed by atoms with Crippen LogP contribution in [0.15, 0.2) is 48.6 Å². The summed E-state index contributed by atoms with van der Waals surface area (Å²) in [5.41, 5.74) is 0. The standard InChI is InChI=1S/C57H110N2O4Si2/c1-7-11-15-19-23-27-31-37-48-60-64(5,61-49-38-32-28-24-20-16-12-8-2)52-41-35-45-58-54-56-44-43-47-59(57(56)55-58)46-36-42-53-65(6,62-50-39-33-29-25-21-17-13-9-3)63-51-40-34-30-26-22-18-14-10-4/h23-30,56-57H,7-22,31-55H2,1-6H3/b27-23-,28-24-,29-25-,30-26-. The van der Waals surface area contributed by atoms with Gasteiger partial charge < -0.3 is 22.6 Å². The summed E-state index contributed by atoms with van der Waals surface area (Å²) in [6, 6.07) is 2.96. The number of hydrogen-bond acceptors (Lipinski definition) is 6. The summed E-state index contributed by atoms with van der Waals surface area (Å²) in [4.78, 5) is 5.68. The van der Waals surface area contributed by atoms with Crippen molar-refractivity contribution in [1.82, 2.24) is 9.80 Å². The van der Waals surface area contributed by atoms with E-state index >= 15 is 0 Å². The lowest BCUT2D eigenvalue weighted by Crippen LogP contribution is -2.45. The molecule has 2 aliphatic heterocycles. The van der Waals surface area contributed by atoms with Crippen molar-refractivity contribution < 1.29 is 17.7 Å². The Morgan fingerprint density at radius 3 is 1.14 bits per heavy atom. The molecular weight excluding hydrogens is 833 g/mol. The molecule has 2 heterocycles. The van der Waals surface area contributed by atoms with Crippen LogP contribution < -0.4 is 0 Å². The molecule has 0 spiro atoms. The zero-order valence-electron chi connectivity index (χ0n) is 44.3. The van der Waals surface area contributed by atoms with Crippen molar-refractivity contribution in [3.63, 3.8) is 0 Å². The summed E-state index contributed by atoms with van der Waals surface area (Å²) in [7, 11) is -4.42. The molecule has 2 atom stereocenters. The van der Waals surface area contributed by atoms with Crippen molar-refractivity contribution in [2.75, 3.05) is 59.2 Å². The molecule has 2 fully saturated rings. The number of piperidine rings is 1. The quantitative estimate of drug-likeness (QED) is 0.0344. The van der Waals surface area contributed by atoms with E-state index in [2.05, 4.69) is 99.2 Å². The third-order valence-corrected chi connectivity index (χ3v) is 19.7. The Labute approximate surface area is 408 Å². The molecule has 2 rings (SSSR count). The molecule has 0 aliphatic carbocycles. The predicted molar refractivity (Wildman–Crippen MR) is 290 cm³/mol. The first-order valence-electron chi connectivity index (χ1n) is 28.5. The summed E-state index contributed by atoms with van der Waals surface area (Å²) in [5, 5.41) is 0. The number of allylic oxidation sites excluding steroid dienone is 8. The number of rotatable bonds is 46. The summed E-state index contributed by atoms with van der Waals surface area (Å²) < 4.78 is 26.8. The lowest BCUT2D eigenvalue weighted by molar-refractivity contribution is 0.121. The van der Waals surface area contributed by atoms with Crippen molar-refractivity contribution in [3.8, 4) is 0 Å². The number of hydrogen-bond donors (Lipinski definition) is 0. The van der Waals surface area contributed by atoms with Crippen LogP contribution in [0.3, 0.4) is 0 Å². The molecule has 380 valence electrons. The molecule has 0 N–H and O–H groups in total. The summed E-state index contributed by atoms with van der Waals surface area (Å²) >= 11 is 0. The van der Waals surface area contributed by atoms with E-state index in [-0.39, 0.29) is 0 Å². The molecule has 65 heavy (non-hydrogen) atoms. The maximum atomic E-state index is 6.71. The number of fused-ring (bicyclic) bond motifs is 1. The maximum absolute atomic E-state index is 6.71. The molecule has 0 saturated carbocycles. The molecule has 0 radical (unpaired) electrons. The van der Waals surface area contributed by atoms with Crippen LogP contribution in [0.5, 0.6) is 0 Å². The lowest BCUT2D eigenvalue weighted by atomic mass is 9.92. The molecule has 0 aromatic carbocycles. The maximum Gasteiger partial charge on any atom is 0.334 e. The fourth-order valence-electron chi connectivity index (χ4n) is 9.68. The number of likely N-dealkylation sites (tertiary alicyclic amines) is 2. The van der Waals surface area contributed by atoms with Crippen molar-refractivity contribution in [1.29, 1.82) is 0 Å². The molecule has 0 amide bonds. The molecule has 8 heteroatoms. The largest absolute Gasteiger partial charge is 0.394 e. The Morgan fingerprint density at radius 1 is 0.415 bits per heavy atom. The van der Waals surface area contributed by atoms with Crippen molar-refractivity contribution in [2.24, 2.45) is 5.92 Å².